The van der Waals surface area contributed by atoms with Crippen LogP contribution in [0.25, 0.3) is 0 Å². The lowest BCUT2D eigenvalue weighted by Gasteiger charge is -2.33. The van der Waals surface area contributed by atoms with E-state index in [2.05, 4.69) is 20.8 Å². The summed E-state index contributed by atoms with van der Waals surface area (Å²) < 4.78 is 11.7. The van der Waals surface area contributed by atoms with Crippen LogP contribution in [0.1, 0.15) is 33.6 Å². The van der Waals surface area contributed by atoms with Crippen molar-refractivity contribution in [1.29, 1.82) is 0 Å². The molecule has 16 heavy (non-hydrogen) atoms. The van der Waals surface area contributed by atoms with E-state index in [0.29, 0.717) is 0 Å². The van der Waals surface area contributed by atoms with Crippen molar-refractivity contribution in [2.24, 2.45) is 5.41 Å². The Labute approximate surface area is 97.6 Å². The van der Waals surface area contributed by atoms with Gasteiger partial charge in [0.05, 0.1) is 6.61 Å². The maximum Gasteiger partial charge on any atom is 0.161 e. The van der Waals surface area contributed by atoms with E-state index in [-0.39, 0.29) is 11.5 Å². The lowest BCUT2D eigenvalue weighted by Crippen LogP contribution is -2.33. The van der Waals surface area contributed by atoms with Crippen molar-refractivity contribution in [3.8, 4) is 11.5 Å². The van der Waals surface area contributed by atoms with Gasteiger partial charge in [0, 0.05) is 0 Å². The molecule has 1 aromatic rings. The molecule has 88 valence electrons. The van der Waals surface area contributed by atoms with E-state index in [4.69, 9.17) is 9.47 Å². The third kappa shape index (κ3) is 2.49. The van der Waals surface area contributed by atoms with E-state index in [1.54, 1.807) is 0 Å². The Balaban J connectivity index is 2.25. The second-order valence-corrected chi connectivity index (χ2v) is 5.41. The van der Waals surface area contributed by atoms with Crippen molar-refractivity contribution < 1.29 is 9.47 Å². The van der Waals surface area contributed by atoms with E-state index in [9.17, 15) is 0 Å². The van der Waals surface area contributed by atoms with E-state index in [1.807, 2.05) is 24.3 Å². The van der Waals surface area contributed by atoms with Gasteiger partial charge in [0.15, 0.2) is 11.5 Å². The van der Waals surface area contributed by atoms with Crippen LogP contribution in [-0.4, -0.2) is 12.7 Å². The maximum atomic E-state index is 6.08. The van der Waals surface area contributed by atoms with Crippen LogP contribution in [0, 0.1) is 5.41 Å². The van der Waals surface area contributed by atoms with Crippen LogP contribution in [0.3, 0.4) is 0 Å². The van der Waals surface area contributed by atoms with Crippen LogP contribution in [0.5, 0.6) is 11.5 Å². The molecule has 0 aromatic heterocycles. The third-order valence-electron chi connectivity index (χ3n) is 2.95. The van der Waals surface area contributed by atoms with Gasteiger partial charge >= 0.3 is 0 Å². The second-order valence-electron chi connectivity index (χ2n) is 5.41. The minimum absolute atomic E-state index is 0.171. The van der Waals surface area contributed by atoms with Crippen molar-refractivity contribution in [3.05, 3.63) is 24.3 Å². The Morgan fingerprint density at radius 3 is 2.50 bits per heavy atom. The highest BCUT2D eigenvalue weighted by Gasteiger charge is 2.28. The first kappa shape index (κ1) is 11.3. The first-order chi connectivity index (χ1) is 7.57. The highest BCUT2D eigenvalue weighted by molar-refractivity contribution is 5.39. The van der Waals surface area contributed by atoms with Gasteiger partial charge in [-0.25, -0.2) is 0 Å². The fourth-order valence-electron chi connectivity index (χ4n) is 1.94. The number of benzene rings is 1. The predicted octanol–water partition coefficient (Wildman–Crippen LogP) is 3.65. The molecule has 0 fully saturated rings. The zero-order valence-electron chi connectivity index (χ0n) is 10.3. The molecule has 1 aliphatic heterocycles. The topological polar surface area (TPSA) is 18.5 Å². The summed E-state index contributed by atoms with van der Waals surface area (Å²) in [7, 11) is 0. The van der Waals surface area contributed by atoms with Gasteiger partial charge in [0.1, 0.15) is 6.10 Å². The molecule has 0 N–H and O–H groups in total. The number of hydrogen-bond acceptors (Lipinski definition) is 2. The largest absolute Gasteiger partial charge is 0.490 e. The summed E-state index contributed by atoms with van der Waals surface area (Å²) in [6.45, 7) is 7.46. The molecule has 1 unspecified atom stereocenters. The molecule has 1 atom stereocenters. The lowest BCUT2D eigenvalue weighted by molar-refractivity contribution is 0.0603. The van der Waals surface area contributed by atoms with Crippen molar-refractivity contribution in [2.45, 2.75) is 39.7 Å². The van der Waals surface area contributed by atoms with Gasteiger partial charge in [-0.3, -0.25) is 0 Å². The van der Waals surface area contributed by atoms with Crippen LogP contribution < -0.4 is 9.47 Å². The number of hydrogen-bond donors (Lipinski definition) is 0. The van der Waals surface area contributed by atoms with Gasteiger partial charge in [0.2, 0.25) is 0 Å². The minimum Gasteiger partial charge on any atom is -0.490 e. The summed E-state index contributed by atoms with van der Waals surface area (Å²) in [5, 5.41) is 0. The molecular weight excluding hydrogens is 200 g/mol. The van der Waals surface area contributed by atoms with E-state index in [0.717, 1.165) is 30.9 Å². The smallest absolute Gasteiger partial charge is 0.161 e. The number of ether oxygens (including phenoxy) is 2. The Morgan fingerprint density at radius 1 is 1.12 bits per heavy atom. The van der Waals surface area contributed by atoms with Crippen LogP contribution in [-0.2, 0) is 0 Å². The van der Waals surface area contributed by atoms with Crippen molar-refractivity contribution in [1.82, 2.24) is 0 Å². The average molecular weight is 220 g/mol. The minimum atomic E-state index is 0.171. The van der Waals surface area contributed by atoms with Crippen molar-refractivity contribution in [3.63, 3.8) is 0 Å². The summed E-state index contributed by atoms with van der Waals surface area (Å²) in [5.41, 5.74) is 0.171. The normalized spacial score (nSPS) is 21.1. The molecule has 0 aliphatic carbocycles. The summed E-state index contributed by atoms with van der Waals surface area (Å²) in [6, 6.07) is 7.93. The fourth-order valence-corrected chi connectivity index (χ4v) is 1.94. The molecular formula is C14H20O2. The monoisotopic (exact) mass is 220 g/mol. The summed E-state index contributed by atoms with van der Waals surface area (Å²) in [5.74, 6) is 1.75. The van der Waals surface area contributed by atoms with Crippen molar-refractivity contribution in [2.75, 3.05) is 6.61 Å². The molecule has 2 rings (SSSR count). The number of rotatable bonds is 0. The Morgan fingerprint density at radius 2 is 1.81 bits per heavy atom. The standard InChI is InChI=1S/C14H20O2/c1-14(2,3)13-9-6-10-15-11-7-4-5-8-12(11)16-13/h4-5,7-8,13H,6,9-10H2,1-3H3. The van der Waals surface area contributed by atoms with Gasteiger partial charge in [-0.2, -0.15) is 0 Å². The van der Waals surface area contributed by atoms with Gasteiger partial charge in [-0.05, 0) is 30.4 Å². The van der Waals surface area contributed by atoms with Gasteiger partial charge in [-0.1, -0.05) is 32.9 Å². The average Bonchev–Trinajstić information content (AvgIpc) is 2.17. The summed E-state index contributed by atoms with van der Waals surface area (Å²) in [4.78, 5) is 0. The van der Waals surface area contributed by atoms with E-state index >= 15 is 0 Å². The molecule has 0 saturated heterocycles. The molecule has 0 bridgehead atoms. The van der Waals surface area contributed by atoms with E-state index in [1.165, 1.54) is 0 Å². The molecule has 1 aromatic carbocycles. The Kier molecular flexibility index (Phi) is 3.08. The highest BCUT2D eigenvalue weighted by atomic mass is 16.5. The predicted molar refractivity (Wildman–Crippen MR) is 65.0 cm³/mol. The van der Waals surface area contributed by atoms with Gasteiger partial charge < -0.3 is 9.47 Å². The Hall–Kier alpha value is -1.18. The van der Waals surface area contributed by atoms with Crippen LogP contribution in [0.2, 0.25) is 0 Å². The molecule has 1 aliphatic rings. The first-order valence-electron chi connectivity index (χ1n) is 5.96. The first-order valence-corrected chi connectivity index (χ1v) is 5.96. The second kappa shape index (κ2) is 4.36. The molecule has 0 radical (unpaired) electrons. The zero-order valence-corrected chi connectivity index (χ0v) is 10.3. The zero-order chi connectivity index (χ0) is 11.6. The Bertz CT molecular complexity index is 352. The van der Waals surface area contributed by atoms with Gasteiger partial charge in [-0.15, -0.1) is 0 Å². The summed E-state index contributed by atoms with van der Waals surface area (Å²) >= 11 is 0. The summed E-state index contributed by atoms with van der Waals surface area (Å²) in [6.07, 6.45) is 2.37. The SMILES string of the molecule is CC(C)(C)C1CCCOc2ccccc2O1. The highest BCUT2D eigenvalue weighted by Crippen LogP contribution is 2.35. The molecule has 1 heterocycles. The fraction of sp³-hybridized carbons (Fsp3) is 0.571. The van der Waals surface area contributed by atoms with Crippen LogP contribution in [0.4, 0.5) is 0 Å². The quantitative estimate of drug-likeness (QED) is 0.664. The third-order valence-corrected chi connectivity index (χ3v) is 2.95. The van der Waals surface area contributed by atoms with Crippen LogP contribution >= 0.6 is 0 Å². The van der Waals surface area contributed by atoms with Crippen LogP contribution in [0.15, 0.2) is 24.3 Å². The number of fused-ring (bicyclic) bond motifs is 1. The molecule has 2 heteroatoms. The molecule has 0 saturated carbocycles. The van der Waals surface area contributed by atoms with Gasteiger partial charge in [0.25, 0.3) is 0 Å². The molecule has 0 amide bonds. The van der Waals surface area contributed by atoms with E-state index < -0.39 is 0 Å². The van der Waals surface area contributed by atoms with Crippen molar-refractivity contribution >= 4 is 0 Å². The molecule has 0 spiro atoms. The number of para-hydroxylation sites is 2. The molecule has 2 nitrogen and oxygen atoms in total. The maximum absolute atomic E-state index is 6.08. The lowest BCUT2D eigenvalue weighted by atomic mass is 9.86.